The van der Waals surface area contributed by atoms with Gasteiger partial charge in [-0.1, -0.05) is 12.1 Å². The summed E-state index contributed by atoms with van der Waals surface area (Å²) < 4.78 is 4.57. The van der Waals surface area contributed by atoms with Gasteiger partial charge in [0.15, 0.2) is 5.75 Å². The van der Waals surface area contributed by atoms with E-state index in [0.717, 1.165) is 11.3 Å². The molecule has 0 bridgehead atoms. The Bertz CT molecular complexity index is 723. The van der Waals surface area contributed by atoms with Crippen LogP contribution < -0.4 is 0 Å². The van der Waals surface area contributed by atoms with Crippen LogP contribution in [-0.4, -0.2) is 28.1 Å². The first-order valence-electron chi connectivity index (χ1n) is 5.71. The minimum Gasteiger partial charge on any atom is -0.502 e. The van der Waals surface area contributed by atoms with Gasteiger partial charge in [0.2, 0.25) is 0 Å². The molecule has 0 unspecified atom stereocenters. The Kier molecular flexibility index (Phi) is 4.29. The van der Waals surface area contributed by atoms with Gasteiger partial charge in [0.1, 0.15) is 9.88 Å². The molecule has 2 rings (SSSR count). The number of carbonyl (C=O) groups is 1. The lowest BCUT2D eigenvalue weighted by atomic mass is 10.2. The number of nitro benzene ring substituents is 1. The molecule has 1 N–H and O–H groups in total. The van der Waals surface area contributed by atoms with Crippen molar-refractivity contribution in [1.82, 2.24) is 4.98 Å². The summed E-state index contributed by atoms with van der Waals surface area (Å²) in [5.41, 5.74) is 0.167. The number of phenols is 1. The molecular weight excluding hydrogens is 296 g/mol. The zero-order valence-corrected chi connectivity index (χ0v) is 11.7. The molecule has 1 heterocycles. The van der Waals surface area contributed by atoms with Gasteiger partial charge in [-0.3, -0.25) is 10.1 Å². The van der Waals surface area contributed by atoms with Gasteiger partial charge in [0.05, 0.1) is 18.2 Å². The lowest BCUT2D eigenvalue weighted by Crippen LogP contribution is -1.96. The number of hydrogen-bond donors (Lipinski definition) is 1. The third kappa shape index (κ3) is 3.42. The van der Waals surface area contributed by atoms with Crippen molar-refractivity contribution >= 4 is 35.1 Å². The number of hydrogen-bond acceptors (Lipinski definition) is 7. The highest BCUT2D eigenvalue weighted by atomic mass is 32.1. The first-order chi connectivity index (χ1) is 10.0. The van der Waals surface area contributed by atoms with E-state index in [2.05, 4.69) is 9.72 Å². The number of ether oxygens (including phenoxy) is 1. The zero-order valence-electron chi connectivity index (χ0n) is 10.8. The van der Waals surface area contributed by atoms with Gasteiger partial charge in [-0.2, -0.15) is 0 Å². The van der Waals surface area contributed by atoms with E-state index in [0.29, 0.717) is 15.4 Å². The lowest BCUT2D eigenvalue weighted by Gasteiger charge is -1.97. The maximum atomic E-state index is 11.3. The van der Waals surface area contributed by atoms with Crippen LogP contribution in [0.4, 0.5) is 5.69 Å². The lowest BCUT2D eigenvalue weighted by molar-refractivity contribution is -0.385. The minimum atomic E-state index is -0.661. The minimum absolute atomic E-state index is 0.369. The fourth-order valence-corrected chi connectivity index (χ4v) is 2.26. The molecule has 0 aliphatic carbocycles. The molecule has 0 saturated heterocycles. The summed E-state index contributed by atoms with van der Waals surface area (Å²) in [4.78, 5) is 25.7. The molecule has 0 aliphatic heterocycles. The molecule has 1 aromatic carbocycles. The second kappa shape index (κ2) is 6.14. The second-order valence-corrected chi connectivity index (χ2v) is 4.96. The summed E-state index contributed by atoms with van der Waals surface area (Å²) in [5.74, 6) is -0.855. The average molecular weight is 306 g/mol. The standard InChI is InChI=1S/C13H10N2O5S/c1-20-13(17)11-7-14-12(21-11)5-3-8-2-4-10(16)9(6-8)15(18)19/h2-7,16H,1H3/b5-3+. The Hall–Kier alpha value is -2.74. The number of phenolic OH excluding ortho intramolecular Hbond substituents is 1. The normalized spacial score (nSPS) is 10.7. The Balaban J connectivity index is 2.21. The van der Waals surface area contributed by atoms with Crippen molar-refractivity contribution in [1.29, 1.82) is 0 Å². The van der Waals surface area contributed by atoms with Crippen LogP contribution in [0.2, 0.25) is 0 Å². The molecule has 2 aromatic rings. The molecule has 0 amide bonds. The van der Waals surface area contributed by atoms with E-state index in [1.165, 1.54) is 31.5 Å². The van der Waals surface area contributed by atoms with Crippen molar-refractivity contribution in [3.63, 3.8) is 0 Å². The topological polar surface area (TPSA) is 103 Å². The van der Waals surface area contributed by atoms with Crippen LogP contribution in [0.3, 0.4) is 0 Å². The van der Waals surface area contributed by atoms with Crippen molar-refractivity contribution in [2.75, 3.05) is 7.11 Å². The smallest absolute Gasteiger partial charge is 0.349 e. The third-order valence-electron chi connectivity index (χ3n) is 2.52. The van der Waals surface area contributed by atoms with Crippen LogP contribution in [-0.2, 0) is 4.74 Å². The van der Waals surface area contributed by atoms with Gasteiger partial charge in [-0.15, -0.1) is 11.3 Å². The van der Waals surface area contributed by atoms with Gasteiger partial charge in [0.25, 0.3) is 0 Å². The molecule has 21 heavy (non-hydrogen) atoms. The summed E-state index contributed by atoms with van der Waals surface area (Å²) >= 11 is 1.14. The number of nitrogens with zero attached hydrogens (tertiary/aromatic N) is 2. The van der Waals surface area contributed by atoms with Crippen LogP contribution in [0.15, 0.2) is 24.4 Å². The summed E-state index contributed by atoms with van der Waals surface area (Å²) in [6, 6.07) is 4.04. The molecule has 8 heteroatoms. The highest BCUT2D eigenvalue weighted by Crippen LogP contribution is 2.27. The van der Waals surface area contributed by atoms with Crippen molar-refractivity contribution in [2.24, 2.45) is 0 Å². The summed E-state index contributed by atoms with van der Waals surface area (Å²) in [6.45, 7) is 0. The Morgan fingerprint density at radius 1 is 1.48 bits per heavy atom. The SMILES string of the molecule is COC(=O)c1cnc(/C=C/c2ccc(O)c([N+](=O)[O-])c2)s1. The summed E-state index contributed by atoms with van der Waals surface area (Å²) in [6.07, 6.45) is 4.62. The third-order valence-corrected chi connectivity index (χ3v) is 3.47. The Morgan fingerprint density at radius 2 is 2.24 bits per heavy atom. The van der Waals surface area contributed by atoms with Crippen LogP contribution in [0, 0.1) is 10.1 Å². The van der Waals surface area contributed by atoms with Crippen LogP contribution in [0.5, 0.6) is 5.75 Å². The Morgan fingerprint density at radius 3 is 2.90 bits per heavy atom. The van der Waals surface area contributed by atoms with Crippen LogP contribution in [0.25, 0.3) is 12.2 Å². The quantitative estimate of drug-likeness (QED) is 0.529. The van der Waals surface area contributed by atoms with Crippen molar-refractivity contribution in [2.45, 2.75) is 0 Å². The molecule has 0 aliphatic rings. The predicted octanol–water partition coefficient (Wildman–Crippen LogP) is 2.71. The molecule has 0 fully saturated rings. The van der Waals surface area contributed by atoms with Crippen molar-refractivity contribution in [3.05, 3.63) is 50.0 Å². The Labute approximate surface area is 123 Å². The number of rotatable bonds is 4. The fraction of sp³-hybridized carbons (Fsp3) is 0.0769. The molecule has 108 valence electrons. The van der Waals surface area contributed by atoms with Gasteiger partial charge >= 0.3 is 11.7 Å². The maximum Gasteiger partial charge on any atom is 0.349 e. The van der Waals surface area contributed by atoms with Crippen LogP contribution >= 0.6 is 11.3 Å². The van der Waals surface area contributed by atoms with E-state index < -0.39 is 10.9 Å². The number of benzene rings is 1. The number of aromatic nitrogens is 1. The monoisotopic (exact) mass is 306 g/mol. The van der Waals surface area contributed by atoms with E-state index in [9.17, 15) is 20.0 Å². The molecule has 0 spiro atoms. The average Bonchev–Trinajstić information content (AvgIpc) is 2.94. The fourth-order valence-electron chi connectivity index (χ4n) is 1.52. The van der Waals surface area contributed by atoms with Crippen molar-refractivity contribution < 1.29 is 19.6 Å². The number of carbonyl (C=O) groups excluding carboxylic acids is 1. The van der Waals surface area contributed by atoms with E-state index in [1.54, 1.807) is 12.2 Å². The van der Waals surface area contributed by atoms with E-state index in [-0.39, 0.29) is 11.4 Å². The highest BCUT2D eigenvalue weighted by molar-refractivity contribution is 7.14. The highest BCUT2D eigenvalue weighted by Gasteiger charge is 2.13. The van der Waals surface area contributed by atoms with Crippen molar-refractivity contribution in [3.8, 4) is 5.75 Å². The van der Waals surface area contributed by atoms with Gasteiger partial charge < -0.3 is 9.84 Å². The number of thiazole rings is 1. The molecule has 7 nitrogen and oxygen atoms in total. The van der Waals surface area contributed by atoms with Gasteiger partial charge in [0, 0.05) is 6.07 Å². The molecule has 0 atom stereocenters. The first kappa shape index (κ1) is 14.7. The molecule has 0 saturated carbocycles. The van der Waals surface area contributed by atoms with Gasteiger partial charge in [-0.05, 0) is 17.7 Å². The summed E-state index contributed by atoms with van der Waals surface area (Å²) in [7, 11) is 1.28. The van der Waals surface area contributed by atoms with Crippen LogP contribution in [0.1, 0.15) is 20.2 Å². The number of methoxy groups -OCH3 is 1. The number of aromatic hydroxyl groups is 1. The number of esters is 1. The zero-order chi connectivity index (χ0) is 15.4. The van der Waals surface area contributed by atoms with E-state index >= 15 is 0 Å². The predicted molar refractivity (Wildman–Crippen MR) is 77.1 cm³/mol. The summed E-state index contributed by atoms with van der Waals surface area (Å²) in [5, 5.41) is 20.6. The maximum absolute atomic E-state index is 11.3. The first-order valence-corrected chi connectivity index (χ1v) is 6.52. The van der Waals surface area contributed by atoms with Gasteiger partial charge in [-0.25, -0.2) is 9.78 Å². The molecular formula is C13H10N2O5S. The van der Waals surface area contributed by atoms with E-state index in [4.69, 9.17) is 0 Å². The molecule has 0 radical (unpaired) electrons. The number of nitro groups is 1. The largest absolute Gasteiger partial charge is 0.502 e. The van der Waals surface area contributed by atoms with E-state index in [1.807, 2.05) is 0 Å². The second-order valence-electron chi connectivity index (χ2n) is 3.89. The molecule has 1 aromatic heterocycles.